The normalized spacial score (nSPS) is 18.6. The average molecular weight is 631 g/mol. The molecule has 0 amide bonds. The lowest BCUT2D eigenvalue weighted by molar-refractivity contribution is -0.138. The van der Waals surface area contributed by atoms with Gasteiger partial charge < -0.3 is 39.7 Å². The molecule has 1 heterocycles. The van der Waals surface area contributed by atoms with E-state index in [1.54, 1.807) is 6.08 Å². The third kappa shape index (κ3) is 22.4. The maximum atomic E-state index is 11.2. The van der Waals surface area contributed by atoms with Crippen LogP contribution >= 0.6 is 0 Å². The van der Waals surface area contributed by atoms with Gasteiger partial charge in [-0.25, -0.2) is 4.79 Å². The molecule has 260 valence electrons. The molecule has 44 heavy (non-hydrogen) atoms. The zero-order chi connectivity index (χ0) is 32.4. The maximum absolute atomic E-state index is 11.2. The highest BCUT2D eigenvalue weighted by Gasteiger charge is 2.21. The van der Waals surface area contributed by atoms with E-state index < -0.39 is 24.4 Å². The second-order valence-electron chi connectivity index (χ2n) is 12.8. The molecule has 1 rings (SSSR count). The van der Waals surface area contributed by atoms with Crippen molar-refractivity contribution in [1.82, 2.24) is 0 Å². The van der Waals surface area contributed by atoms with Crippen molar-refractivity contribution in [3.63, 3.8) is 0 Å². The lowest BCUT2D eigenvalue weighted by Crippen LogP contribution is -2.36. The van der Waals surface area contributed by atoms with Gasteiger partial charge in [-0.05, 0) is 51.0 Å². The van der Waals surface area contributed by atoms with Crippen molar-refractivity contribution in [2.45, 2.75) is 179 Å². The van der Waals surface area contributed by atoms with Crippen LogP contribution in [0, 0.1) is 0 Å². The van der Waals surface area contributed by atoms with Crippen LogP contribution in [-0.4, -0.2) is 94.6 Å². The number of carbonyl (C=O) groups is 1. The van der Waals surface area contributed by atoms with Crippen LogP contribution in [0.4, 0.5) is 0 Å². The summed E-state index contributed by atoms with van der Waals surface area (Å²) in [7, 11) is 0. The Morgan fingerprint density at radius 2 is 1.02 bits per heavy atom. The Bertz CT molecular complexity index is 716. The number of esters is 1. The molecule has 9 heteroatoms. The molecule has 5 N–H and O–H groups in total. The fourth-order valence-corrected chi connectivity index (χ4v) is 5.52. The van der Waals surface area contributed by atoms with E-state index in [9.17, 15) is 30.3 Å². The minimum absolute atomic E-state index is 0.0734. The summed E-state index contributed by atoms with van der Waals surface area (Å²) in [5, 5.41) is 50.6. The van der Waals surface area contributed by atoms with E-state index in [1.165, 1.54) is 38.5 Å². The molecular formula is C35H66O9. The van der Waals surface area contributed by atoms with E-state index in [0.717, 1.165) is 76.2 Å². The van der Waals surface area contributed by atoms with Gasteiger partial charge in [0, 0.05) is 6.08 Å². The Morgan fingerprint density at radius 1 is 0.614 bits per heavy atom. The van der Waals surface area contributed by atoms with E-state index in [2.05, 4.69) is 6.92 Å². The molecule has 6 atom stereocenters. The van der Waals surface area contributed by atoms with E-state index >= 15 is 0 Å². The number of rotatable bonds is 31. The highest BCUT2D eigenvalue weighted by molar-refractivity contribution is 5.85. The van der Waals surface area contributed by atoms with Crippen LogP contribution in [-0.2, 0) is 19.0 Å². The first-order valence-corrected chi connectivity index (χ1v) is 17.7. The SMILES string of the molecule is CCCCCCCCCC[C@H](O)COC[C@@H](O)[C@H](O)COC[C@@H](O)CCCC[C@@H](O)CCCCCCCC1=CC(=O)O[C@H]1C. The molecule has 0 bridgehead atoms. The van der Waals surface area contributed by atoms with Gasteiger partial charge in [-0.1, -0.05) is 96.8 Å². The number of hydrogen-bond acceptors (Lipinski definition) is 9. The fourth-order valence-electron chi connectivity index (χ4n) is 5.52. The van der Waals surface area contributed by atoms with E-state index in [0.29, 0.717) is 19.3 Å². The highest BCUT2D eigenvalue weighted by atomic mass is 16.5. The first-order chi connectivity index (χ1) is 21.2. The fraction of sp³-hybridized carbons (Fsp3) is 0.914. The molecule has 0 aromatic heterocycles. The summed E-state index contributed by atoms with van der Waals surface area (Å²) >= 11 is 0. The largest absolute Gasteiger partial charge is 0.455 e. The number of unbranched alkanes of at least 4 members (excludes halogenated alkanes) is 12. The second kappa shape index (κ2) is 27.1. The molecule has 0 unspecified atom stereocenters. The molecule has 1 aliphatic heterocycles. The Hall–Kier alpha value is -1.07. The van der Waals surface area contributed by atoms with Gasteiger partial charge in [-0.15, -0.1) is 0 Å². The summed E-state index contributed by atoms with van der Waals surface area (Å²) in [5.74, 6) is -0.227. The number of aliphatic hydroxyl groups is 5. The number of carbonyl (C=O) groups excluding carboxylic acids is 1. The topological polar surface area (TPSA) is 146 Å². The summed E-state index contributed by atoms with van der Waals surface area (Å²) in [5.41, 5.74) is 1.09. The van der Waals surface area contributed by atoms with E-state index in [-0.39, 0.29) is 44.6 Å². The van der Waals surface area contributed by atoms with Crippen molar-refractivity contribution >= 4 is 5.97 Å². The minimum Gasteiger partial charge on any atom is -0.455 e. The lowest BCUT2D eigenvalue weighted by Gasteiger charge is -2.20. The second-order valence-corrected chi connectivity index (χ2v) is 12.8. The zero-order valence-corrected chi connectivity index (χ0v) is 27.9. The van der Waals surface area contributed by atoms with Gasteiger partial charge in [0.25, 0.3) is 0 Å². The molecule has 0 aliphatic carbocycles. The van der Waals surface area contributed by atoms with Crippen molar-refractivity contribution in [2.75, 3.05) is 26.4 Å². The zero-order valence-electron chi connectivity index (χ0n) is 27.9. The van der Waals surface area contributed by atoms with Gasteiger partial charge in [0.2, 0.25) is 0 Å². The summed E-state index contributed by atoms with van der Waals surface area (Å²) in [6.07, 6.45) is 18.1. The standard InChI is InChI=1S/C35H66O9/c1-3-4-5-6-7-8-11-15-21-31(37)24-42-26-33(39)34(40)27-43-25-32(38)22-17-16-20-30(36)19-14-12-9-10-13-18-29-23-35(41)44-28(29)2/h23,28,30-34,36-40H,3-22,24-27H2,1-2H3/t28-,30-,31-,32-,33+,34+/m0/s1. The quantitative estimate of drug-likeness (QED) is 0.0494. The number of ether oxygens (including phenoxy) is 3. The molecule has 0 saturated heterocycles. The minimum atomic E-state index is -1.13. The van der Waals surface area contributed by atoms with Crippen LogP contribution in [0.15, 0.2) is 11.6 Å². The van der Waals surface area contributed by atoms with Crippen molar-refractivity contribution in [3.05, 3.63) is 11.6 Å². The first-order valence-electron chi connectivity index (χ1n) is 17.7. The average Bonchev–Trinajstić information content (AvgIpc) is 3.32. The summed E-state index contributed by atoms with van der Waals surface area (Å²) in [4.78, 5) is 11.2. The van der Waals surface area contributed by atoms with Crippen molar-refractivity contribution in [2.24, 2.45) is 0 Å². The van der Waals surface area contributed by atoms with Crippen LogP contribution in [0.25, 0.3) is 0 Å². The summed E-state index contributed by atoms with van der Waals surface area (Å²) < 4.78 is 15.9. The highest BCUT2D eigenvalue weighted by Crippen LogP contribution is 2.22. The molecule has 0 fully saturated rings. The first kappa shape index (κ1) is 41.0. The van der Waals surface area contributed by atoms with Crippen molar-refractivity contribution < 1.29 is 44.5 Å². The molecule has 9 nitrogen and oxygen atoms in total. The monoisotopic (exact) mass is 630 g/mol. The lowest BCUT2D eigenvalue weighted by atomic mass is 10.0. The van der Waals surface area contributed by atoms with Crippen molar-refractivity contribution in [1.29, 1.82) is 0 Å². The smallest absolute Gasteiger partial charge is 0.331 e. The Labute approximate surface area is 267 Å². The van der Waals surface area contributed by atoms with Crippen LogP contribution in [0.3, 0.4) is 0 Å². The summed E-state index contributed by atoms with van der Waals surface area (Å²) in [6.45, 7) is 4.15. The molecule has 0 aromatic carbocycles. The van der Waals surface area contributed by atoms with Crippen LogP contribution in [0.1, 0.15) is 142 Å². The predicted molar refractivity (Wildman–Crippen MR) is 173 cm³/mol. The Morgan fingerprint density at radius 3 is 1.48 bits per heavy atom. The molecule has 1 aliphatic rings. The van der Waals surface area contributed by atoms with Gasteiger partial charge in [0.15, 0.2) is 0 Å². The van der Waals surface area contributed by atoms with E-state index in [4.69, 9.17) is 14.2 Å². The Kier molecular flexibility index (Phi) is 25.2. The van der Waals surface area contributed by atoms with Gasteiger partial charge in [-0.2, -0.15) is 0 Å². The Balaban J connectivity index is 1.91. The van der Waals surface area contributed by atoms with Gasteiger partial charge in [0.05, 0.1) is 44.7 Å². The number of cyclic esters (lactones) is 1. The summed E-state index contributed by atoms with van der Waals surface area (Å²) in [6, 6.07) is 0. The molecule has 0 radical (unpaired) electrons. The molecule has 0 aromatic rings. The number of aliphatic hydroxyl groups excluding tert-OH is 5. The van der Waals surface area contributed by atoms with Crippen LogP contribution < -0.4 is 0 Å². The predicted octanol–water partition coefficient (Wildman–Crippen LogP) is 5.52. The van der Waals surface area contributed by atoms with Gasteiger partial charge in [-0.3, -0.25) is 0 Å². The van der Waals surface area contributed by atoms with Gasteiger partial charge >= 0.3 is 5.97 Å². The third-order valence-corrected chi connectivity index (χ3v) is 8.48. The van der Waals surface area contributed by atoms with Crippen molar-refractivity contribution in [3.8, 4) is 0 Å². The third-order valence-electron chi connectivity index (χ3n) is 8.48. The molecule has 0 saturated carbocycles. The van der Waals surface area contributed by atoms with Gasteiger partial charge in [0.1, 0.15) is 18.3 Å². The maximum Gasteiger partial charge on any atom is 0.331 e. The van der Waals surface area contributed by atoms with Crippen LogP contribution in [0.2, 0.25) is 0 Å². The molecule has 0 spiro atoms. The molecular weight excluding hydrogens is 564 g/mol. The van der Waals surface area contributed by atoms with Crippen LogP contribution in [0.5, 0.6) is 0 Å². The van der Waals surface area contributed by atoms with E-state index in [1.807, 2.05) is 6.92 Å². The number of hydrogen-bond donors (Lipinski definition) is 5.